The molecule has 0 saturated carbocycles. The summed E-state index contributed by atoms with van der Waals surface area (Å²) in [6.07, 6.45) is 0. The number of anilines is 6. The molecule has 0 aliphatic carbocycles. The number of aromatic nitrogens is 3. The van der Waals surface area contributed by atoms with Crippen LogP contribution in [0.2, 0.25) is 0 Å². The predicted octanol–water partition coefficient (Wildman–Crippen LogP) is 15.0. The second-order valence-corrected chi connectivity index (χ2v) is 18.2. The first-order chi connectivity index (χ1) is 28.0. The molecule has 6 aromatic carbocycles. The smallest absolute Gasteiger partial charge is 0.233 e. The molecular weight excluding hydrogens is 733 g/mol. The third-order valence-electron chi connectivity index (χ3n) is 15.6. The summed E-state index contributed by atoms with van der Waals surface area (Å²) in [5.41, 5.74) is 30.2. The summed E-state index contributed by atoms with van der Waals surface area (Å²) in [4.78, 5) is 15.5. The Bertz CT molecular complexity index is 2710. The summed E-state index contributed by atoms with van der Waals surface area (Å²) in [6, 6.07) is 0. The van der Waals surface area contributed by atoms with E-state index in [0.717, 1.165) is 17.1 Å². The van der Waals surface area contributed by atoms with Gasteiger partial charge in [0.05, 0.1) is 0 Å². The van der Waals surface area contributed by atoms with E-state index in [-0.39, 0.29) is 0 Å². The van der Waals surface area contributed by atoms with E-state index in [1.54, 1.807) is 0 Å². The van der Waals surface area contributed by atoms with Gasteiger partial charge in [0.15, 0.2) is 0 Å². The van der Waals surface area contributed by atoms with Crippen molar-refractivity contribution in [2.75, 3.05) is 16.0 Å². The molecule has 1 heterocycles. The van der Waals surface area contributed by atoms with Crippen molar-refractivity contribution >= 4 is 67.2 Å². The van der Waals surface area contributed by atoms with Gasteiger partial charge in [0.25, 0.3) is 0 Å². The lowest BCUT2D eigenvalue weighted by molar-refractivity contribution is 1.06. The minimum atomic E-state index is 0.482. The fourth-order valence-electron chi connectivity index (χ4n) is 10.5. The standard InChI is InChI=1S/C54H66N6/c1-22-25(4)31(10)46-40(19)49(37(16)34(13)43(46)28(22)7)55-52-58-53(56-50-38(17)35(14)44-29(8)23(2)26(5)32(11)47(44)41(50)20)60-54(59-52)57-51-39(18)36(15)45-30(9)24(3)27(6)33(12)48(45)42(51)21/h1-21H3,(H3,55,56,57,58,59,60). The number of rotatable bonds is 6. The zero-order valence-electron chi connectivity index (χ0n) is 40.3. The van der Waals surface area contributed by atoms with Gasteiger partial charge in [0.1, 0.15) is 0 Å². The van der Waals surface area contributed by atoms with E-state index >= 15 is 0 Å². The molecule has 0 fully saturated rings. The van der Waals surface area contributed by atoms with E-state index in [1.807, 2.05) is 0 Å². The van der Waals surface area contributed by atoms with Crippen LogP contribution in [0.4, 0.5) is 34.9 Å². The van der Waals surface area contributed by atoms with Gasteiger partial charge in [-0.15, -0.1) is 0 Å². The minimum Gasteiger partial charge on any atom is -0.323 e. The number of hydrogen-bond acceptors (Lipinski definition) is 6. The van der Waals surface area contributed by atoms with Crippen molar-refractivity contribution in [3.05, 3.63) is 117 Å². The molecule has 0 unspecified atom stereocenters. The molecule has 312 valence electrons. The van der Waals surface area contributed by atoms with Gasteiger partial charge in [0, 0.05) is 17.1 Å². The van der Waals surface area contributed by atoms with Crippen LogP contribution in [0.15, 0.2) is 0 Å². The molecule has 7 rings (SSSR count). The van der Waals surface area contributed by atoms with Crippen LogP contribution in [-0.2, 0) is 0 Å². The van der Waals surface area contributed by atoms with Gasteiger partial charge in [-0.2, -0.15) is 15.0 Å². The molecule has 0 spiro atoms. The maximum atomic E-state index is 5.17. The molecule has 6 heteroatoms. The fraction of sp³-hybridized carbons (Fsp3) is 0.389. The van der Waals surface area contributed by atoms with Crippen molar-refractivity contribution in [2.45, 2.75) is 145 Å². The Hall–Kier alpha value is -5.49. The third-order valence-corrected chi connectivity index (χ3v) is 15.6. The molecule has 60 heavy (non-hydrogen) atoms. The molecule has 1 aromatic heterocycles. The summed E-state index contributed by atoms with van der Waals surface area (Å²) in [5, 5.41) is 19.2. The van der Waals surface area contributed by atoms with Gasteiger partial charge in [-0.05, 0) is 295 Å². The van der Waals surface area contributed by atoms with Gasteiger partial charge in [-0.1, -0.05) is 0 Å². The van der Waals surface area contributed by atoms with E-state index in [2.05, 4.69) is 161 Å². The Morgan fingerprint density at radius 1 is 0.183 bits per heavy atom. The van der Waals surface area contributed by atoms with Crippen LogP contribution in [0.25, 0.3) is 32.3 Å². The van der Waals surface area contributed by atoms with Crippen LogP contribution in [-0.4, -0.2) is 15.0 Å². The van der Waals surface area contributed by atoms with Crippen molar-refractivity contribution in [3.63, 3.8) is 0 Å². The molecule has 0 aliphatic heterocycles. The second kappa shape index (κ2) is 14.9. The monoisotopic (exact) mass is 799 g/mol. The Morgan fingerprint density at radius 3 is 0.517 bits per heavy atom. The quantitative estimate of drug-likeness (QED) is 0.156. The lowest BCUT2D eigenvalue weighted by Gasteiger charge is -2.24. The molecule has 6 nitrogen and oxygen atoms in total. The molecule has 0 aliphatic rings. The van der Waals surface area contributed by atoms with E-state index < -0.39 is 0 Å². The zero-order chi connectivity index (χ0) is 44.3. The van der Waals surface area contributed by atoms with Gasteiger partial charge in [-0.25, -0.2) is 0 Å². The van der Waals surface area contributed by atoms with E-state index in [0.29, 0.717) is 17.8 Å². The van der Waals surface area contributed by atoms with Crippen LogP contribution in [0.5, 0.6) is 0 Å². The molecule has 0 atom stereocenters. The summed E-state index contributed by atoms with van der Waals surface area (Å²) in [5.74, 6) is 1.45. The van der Waals surface area contributed by atoms with Crippen molar-refractivity contribution in [3.8, 4) is 0 Å². The molecule has 0 bridgehead atoms. The first kappa shape index (κ1) is 42.6. The molecular formula is C54H66N6. The summed E-state index contributed by atoms with van der Waals surface area (Å²) in [7, 11) is 0. The van der Waals surface area contributed by atoms with E-state index in [4.69, 9.17) is 15.0 Å². The molecule has 7 aromatic rings. The molecule has 0 saturated heterocycles. The first-order valence-electron chi connectivity index (χ1n) is 21.6. The largest absolute Gasteiger partial charge is 0.323 e. The summed E-state index contributed by atoms with van der Waals surface area (Å²) in [6.45, 7) is 47.1. The highest BCUT2D eigenvalue weighted by Gasteiger charge is 2.24. The Labute approximate surface area is 359 Å². The average Bonchev–Trinajstić information content (AvgIpc) is 3.21. The highest BCUT2D eigenvalue weighted by molar-refractivity contribution is 6.03. The number of nitrogens with zero attached hydrogens (tertiary/aromatic N) is 3. The highest BCUT2D eigenvalue weighted by Crippen LogP contribution is 2.44. The van der Waals surface area contributed by atoms with Gasteiger partial charge in [0.2, 0.25) is 17.8 Å². The lowest BCUT2D eigenvalue weighted by atomic mass is 9.85. The lowest BCUT2D eigenvalue weighted by Crippen LogP contribution is -2.12. The van der Waals surface area contributed by atoms with Crippen LogP contribution in [0.3, 0.4) is 0 Å². The fourth-order valence-corrected chi connectivity index (χ4v) is 10.5. The number of aryl methyl sites for hydroxylation is 12. The van der Waals surface area contributed by atoms with Crippen molar-refractivity contribution in [1.29, 1.82) is 0 Å². The highest BCUT2D eigenvalue weighted by atomic mass is 15.3. The van der Waals surface area contributed by atoms with E-state index in [1.165, 1.54) is 149 Å². The average molecular weight is 799 g/mol. The van der Waals surface area contributed by atoms with Gasteiger partial charge in [-0.3, -0.25) is 0 Å². The van der Waals surface area contributed by atoms with Crippen LogP contribution < -0.4 is 16.0 Å². The minimum absolute atomic E-state index is 0.482. The maximum absolute atomic E-state index is 5.17. The SMILES string of the molecule is Cc1c(C)c(C)c2c(C)c(Nc3nc(Nc4c(C)c(C)c5c(C)c(C)c(C)c(C)c5c4C)nc(Nc4c(C)c(C)c5c(C)c(C)c(C)c(C)c5c4C)n3)c(C)c(C)c2c1C. The maximum Gasteiger partial charge on any atom is 0.233 e. The topological polar surface area (TPSA) is 74.8 Å². The summed E-state index contributed by atoms with van der Waals surface area (Å²) < 4.78 is 0. The van der Waals surface area contributed by atoms with Crippen LogP contribution in [0.1, 0.15) is 117 Å². The molecule has 0 amide bonds. The number of benzene rings is 6. The van der Waals surface area contributed by atoms with Crippen LogP contribution in [0, 0.1) is 145 Å². The number of nitrogens with one attached hydrogen (secondary N) is 3. The molecule has 3 N–H and O–H groups in total. The van der Waals surface area contributed by atoms with Crippen molar-refractivity contribution < 1.29 is 0 Å². The molecule has 0 radical (unpaired) electrons. The second-order valence-electron chi connectivity index (χ2n) is 18.2. The van der Waals surface area contributed by atoms with Gasteiger partial charge < -0.3 is 16.0 Å². The zero-order valence-corrected chi connectivity index (χ0v) is 40.3. The third kappa shape index (κ3) is 6.15. The Kier molecular flexibility index (Phi) is 10.6. The number of hydrogen-bond donors (Lipinski definition) is 3. The number of fused-ring (bicyclic) bond motifs is 3. The van der Waals surface area contributed by atoms with Gasteiger partial charge >= 0.3 is 0 Å². The van der Waals surface area contributed by atoms with Crippen molar-refractivity contribution in [2.24, 2.45) is 0 Å². The van der Waals surface area contributed by atoms with Crippen molar-refractivity contribution in [1.82, 2.24) is 15.0 Å². The Balaban J connectivity index is 1.47. The van der Waals surface area contributed by atoms with Crippen LogP contribution >= 0.6 is 0 Å². The summed E-state index contributed by atoms with van der Waals surface area (Å²) >= 11 is 0. The van der Waals surface area contributed by atoms with E-state index in [9.17, 15) is 0 Å². The normalized spacial score (nSPS) is 11.8. The first-order valence-corrected chi connectivity index (χ1v) is 21.6. The predicted molar refractivity (Wildman–Crippen MR) is 261 cm³/mol. The Morgan fingerprint density at radius 2 is 0.333 bits per heavy atom.